The highest BCUT2D eigenvalue weighted by atomic mass is 16.2. The third kappa shape index (κ3) is 6.67. The molecule has 1 aromatic heterocycles. The van der Waals surface area contributed by atoms with Crippen LogP contribution in [-0.2, 0) is 0 Å². The zero-order chi connectivity index (χ0) is 16.5. The maximum atomic E-state index is 12.0. The van der Waals surface area contributed by atoms with Crippen molar-refractivity contribution < 1.29 is 9.59 Å². The van der Waals surface area contributed by atoms with Crippen LogP contribution in [0.3, 0.4) is 0 Å². The molecule has 0 radical (unpaired) electrons. The average molecular weight is 306 g/mol. The van der Waals surface area contributed by atoms with E-state index in [2.05, 4.69) is 20.5 Å². The molecule has 0 bridgehead atoms. The molecule has 0 aromatic carbocycles. The second-order valence-electron chi connectivity index (χ2n) is 5.95. The lowest BCUT2D eigenvalue weighted by molar-refractivity contribution is 0.0947. The highest BCUT2D eigenvalue weighted by Gasteiger charge is 2.11. The number of hydrogen-bond acceptors (Lipinski definition) is 4. The molecule has 6 nitrogen and oxygen atoms in total. The summed E-state index contributed by atoms with van der Waals surface area (Å²) >= 11 is 0. The van der Waals surface area contributed by atoms with Crippen molar-refractivity contribution in [2.75, 3.05) is 33.7 Å². The lowest BCUT2D eigenvalue weighted by Crippen LogP contribution is -2.29. The van der Waals surface area contributed by atoms with Gasteiger partial charge >= 0.3 is 0 Å². The summed E-state index contributed by atoms with van der Waals surface area (Å²) < 4.78 is 0. The predicted octanol–water partition coefficient (Wildman–Crippen LogP) is 1.15. The molecule has 0 aliphatic rings. The van der Waals surface area contributed by atoms with Crippen LogP contribution < -0.4 is 10.6 Å². The molecule has 0 unspecified atom stereocenters. The number of pyridine rings is 1. The van der Waals surface area contributed by atoms with Crippen LogP contribution in [0.4, 0.5) is 0 Å². The molecule has 122 valence electrons. The Labute approximate surface area is 132 Å². The van der Waals surface area contributed by atoms with Gasteiger partial charge in [-0.05, 0) is 45.1 Å². The van der Waals surface area contributed by atoms with Gasteiger partial charge in [0.2, 0.25) is 0 Å². The Morgan fingerprint density at radius 1 is 1.23 bits per heavy atom. The van der Waals surface area contributed by atoms with E-state index in [1.54, 1.807) is 6.07 Å². The normalized spacial score (nSPS) is 10.8. The Balaban J connectivity index is 2.55. The lowest BCUT2D eigenvalue weighted by Gasteiger charge is -2.10. The summed E-state index contributed by atoms with van der Waals surface area (Å²) in [6.45, 7) is 6.15. The van der Waals surface area contributed by atoms with Gasteiger partial charge < -0.3 is 15.5 Å². The molecule has 0 atom stereocenters. The molecule has 1 aromatic rings. The standard InChI is InChI=1S/C16H26N4O2/c1-12(2)11-19-15(21)13-6-8-17-14(10-13)16(22)18-7-5-9-20(3)4/h6,8,10,12H,5,7,9,11H2,1-4H3,(H,18,22)(H,19,21). The van der Waals surface area contributed by atoms with Crippen molar-refractivity contribution in [1.82, 2.24) is 20.5 Å². The fourth-order valence-electron chi connectivity index (χ4n) is 1.78. The minimum Gasteiger partial charge on any atom is -0.352 e. The summed E-state index contributed by atoms with van der Waals surface area (Å²) in [4.78, 5) is 30.1. The molecule has 0 saturated heterocycles. The van der Waals surface area contributed by atoms with Crippen LogP contribution >= 0.6 is 0 Å². The fourth-order valence-corrected chi connectivity index (χ4v) is 1.78. The van der Waals surface area contributed by atoms with E-state index in [1.807, 2.05) is 27.9 Å². The molecule has 6 heteroatoms. The van der Waals surface area contributed by atoms with Crippen molar-refractivity contribution in [1.29, 1.82) is 0 Å². The van der Waals surface area contributed by atoms with Crippen LogP contribution in [0.1, 0.15) is 41.1 Å². The van der Waals surface area contributed by atoms with Gasteiger partial charge in [0.25, 0.3) is 11.8 Å². The van der Waals surface area contributed by atoms with Crippen molar-refractivity contribution in [3.63, 3.8) is 0 Å². The Morgan fingerprint density at radius 3 is 2.59 bits per heavy atom. The average Bonchev–Trinajstić information content (AvgIpc) is 2.48. The maximum absolute atomic E-state index is 12.0. The minimum atomic E-state index is -0.253. The maximum Gasteiger partial charge on any atom is 0.269 e. The number of nitrogens with one attached hydrogen (secondary N) is 2. The third-order valence-corrected chi connectivity index (χ3v) is 2.99. The van der Waals surface area contributed by atoms with Crippen LogP contribution in [0.15, 0.2) is 18.3 Å². The molecule has 2 N–H and O–H groups in total. The van der Waals surface area contributed by atoms with Crippen molar-refractivity contribution >= 4 is 11.8 Å². The summed E-state index contributed by atoms with van der Waals surface area (Å²) in [5.41, 5.74) is 0.719. The minimum absolute atomic E-state index is 0.183. The van der Waals surface area contributed by atoms with Gasteiger partial charge in [-0.3, -0.25) is 14.6 Å². The van der Waals surface area contributed by atoms with Gasteiger partial charge in [-0.2, -0.15) is 0 Å². The summed E-state index contributed by atoms with van der Waals surface area (Å²) in [6, 6.07) is 3.13. The van der Waals surface area contributed by atoms with Crippen molar-refractivity contribution in [3.05, 3.63) is 29.6 Å². The highest BCUT2D eigenvalue weighted by Crippen LogP contribution is 2.03. The SMILES string of the molecule is CC(C)CNC(=O)c1ccnc(C(=O)NCCCN(C)C)c1. The first-order valence-corrected chi connectivity index (χ1v) is 7.57. The first-order chi connectivity index (χ1) is 10.4. The highest BCUT2D eigenvalue weighted by molar-refractivity contribution is 5.98. The molecule has 0 aliphatic heterocycles. The molecule has 0 fully saturated rings. The van der Waals surface area contributed by atoms with Crippen LogP contribution in [0.25, 0.3) is 0 Å². The monoisotopic (exact) mass is 306 g/mol. The van der Waals surface area contributed by atoms with E-state index >= 15 is 0 Å². The number of rotatable bonds is 8. The smallest absolute Gasteiger partial charge is 0.269 e. The van der Waals surface area contributed by atoms with Gasteiger partial charge in [-0.1, -0.05) is 13.8 Å². The van der Waals surface area contributed by atoms with E-state index < -0.39 is 0 Å². The van der Waals surface area contributed by atoms with E-state index in [0.29, 0.717) is 24.6 Å². The Bertz CT molecular complexity index is 501. The topological polar surface area (TPSA) is 74.3 Å². The summed E-state index contributed by atoms with van der Waals surface area (Å²) in [7, 11) is 3.98. The van der Waals surface area contributed by atoms with Gasteiger partial charge in [0.05, 0.1) is 0 Å². The molecular formula is C16H26N4O2. The number of aromatic nitrogens is 1. The van der Waals surface area contributed by atoms with Crippen molar-refractivity contribution in [3.8, 4) is 0 Å². The molecule has 0 aliphatic carbocycles. The zero-order valence-corrected chi connectivity index (χ0v) is 13.8. The Hall–Kier alpha value is -1.95. The fraction of sp³-hybridized carbons (Fsp3) is 0.562. The largest absolute Gasteiger partial charge is 0.352 e. The predicted molar refractivity (Wildman–Crippen MR) is 86.9 cm³/mol. The number of amides is 2. The molecule has 0 spiro atoms. The second-order valence-corrected chi connectivity index (χ2v) is 5.95. The number of nitrogens with zero attached hydrogens (tertiary/aromatic N) is 2. The van der Waals surface area contributed by atoms with E-state index in [1.165, 1.54) is 12.3 Å². The van der Waals surface area contributed by atoms with Crippen LogP contribution in [0.5, 0.6) is 0 Å². The van der Waals surface area contributed by atoms with Gasteiger partial charge in [0.15, 0.2) is 0 Å². The summed E-state index contributed by atoms with van der Waals surface area (Å²) in [6.07, 6.45) is 2.35. The number of hydrogen-bond donors (Lipinski definition) is 2. The van der Waals surface area contributed by atoms with E-state index in [0.717, 1.165) is 13.0 Å². The second kappa shape index (κ2) is 9.15. The van der Waals surface area contributed by atoms with E-state index in [-0.39, 0.29) is 17.5 Å². The molecule has 1 rings (SSSR count). The van der Waals surface area contributed by atoms with Crippen molar-refractivity contribution in [2.45, 2.75) is 20.3 Å². The van der Waals surface area contributed by atoms with Gasteiger partial charge in [-0.15, -0.1) is 0 Å². The van der Waals surface area contributed by atoms with Gasteiger partial charge in [-0.25, -0.2) is 0 Å². The first kappa shape index (κ1) is 18.1. The third-order valence-electron chi connectivity index (χ3n) is 2.99. The van der Waals surface area contributed by atoms with E-state index in [4.69, 9.17) is 0 Å². The van der Waals surface area contributed by atoms with Crippen LogP contribution in [-0.4, -0.2) is 55.4 Å². The van der Waals surface area contributed by atoms with Crippen LogP contribution in [0, 0.1) is 5.92 Å². The van der Waals surface area contributed by atoms with Crippen molar-refractivity contribution in [2.24, 2.45) is 5.92 Å². The van der Waals surface area contributed by atoms with E-state index in [9.17, 15) is 9.59 Å². The molecule has 2 amide bonds. The number of carbonyl (C=O) groups excluding carboxylic acids is 2. The van der Waals surface area contributed by atoms with Gasteiger partial charge in [0.1, 0.15) is 5.69 Å². The van der Waals surface area contributed by atoms with Gasteiger partial charge in [0, 0.05) is 24.8 Å². The number of carbonyl (C=O) groups is 2. The summed E-state index contributed by atoms with van der Waals surface area (Å²) in [5.74, 6) is -0.0553. The Morgan fingerprint density at radius 2 is 1.95 bits per heavy atom. The molecule has 0 saturated carbocycles. The molecule has 1 heterocycles. The first-order valence-electron chi connectivity index (χ1n) is 7.57. The summed E-state index contributed by atoms with van der Waals surface area (Å²) in [5, 5.41) is 5.64. The molecular weight excluding hydrogens is 280 g/mol. The lowest BCUT2D eigenvalue weighted by atomic mass is 10.2. The Kier molecular flexibility index (Phi) is 7.52. The van der Waals surface area contributed by atoms with Crippen LogP contribution in [0.2, 0.25) is 0 Å². The quantitative estimate of drug-likeness (QED) is 0.707. The molecule has 22 heavy (non-hydrogen) atoms. The zero-order valence-electron chi connectivity index (χ0n) is 13.8.